The molecule has 0 aliphatic carbocycles. The summed E-state index contributed by atoms with van der Waals surface area (Å²) in [5.41, 5.74) is 2.56. The summed E-state index contributed by atoms with van der Waals surface area (Å²) in [6.07, 6.45) is 0. The van der Waals surface area contributed by atoms with Gasteiger partial charge in [0, 0.05) is 5.69 Å². The van der Waals surface area contributed by atoms with Crippen LogP contribution in [0.5, 0.6) is 0 Å². The van der Waals surface area contributed by atoms with Crippen LogP contribution in [0.25, 0.3) is 0 Å². The number of halogens is 1. The fourth-order valence-corrected chi connectivity index (χ4v) is 2.22. The van der Waals surface area contributed by atoms with Gasteiger partial charge >= 0.3 is 0 Å². The first kappa shape index (κ1) is 11.0. The van der Waals surface area contributed by atoms with Crippen molar-refractivity contribution in [3.63, 3.8) is 0 Å². The molecule has 2 rings (SSSR count). The number of rotatable bonds is 2. The molecule has 0 unspecified atom stereocenters. The minimum atomic E-state index is 0.622. The van der Waals surface area contributed by atoms with Crippen LogP contribution >= 0.6 is 27.3 Å². The molecule has 0 fully saturated rings. The molecular formula is C10H7BrN4S. The molecule has 0 saturated heterocycles. The first-order valence-electron chi connectivity index (χ1n) is 4.46. The third-order valence-electron chi connectivity index (χ3n) is 2.01. The highest BCUT2D eigenvalue weighted by Crippen LogP contribution is 2.26. The second-order valence-corrected chi connectivity index (χ2v) is 5.38. The van der Waals surface area contributed by atoms with Crippen molar-refractivity contribution in [2.75, 3.05) is 5.32 Å². The maximum atomic E-state index is 8.81. The van der Waals surface area contributed by atoms with E-state index in [0.29, 0.717) is 10.7 Å². The van der Waals surface area contributed by atoms with Crippen molar-refractivity contribution in [3.05, 3.63) is 33.2 Å². The van der Waals surface area contributed by atoms with Gasteiger partial charge in [0.15, 0.2) is 3.92 Å². The largest absolute Gasteiger partial charge is 0.330 e. The van der Waals surface area contributed by atoms with Gasteiger partial charge in [0.2, 0.25) is 5.13 Å². The fourth-order valence-electron chi connectivity index (χ4n) is 1.20. The molecule has 16 heavy (non-hydrogen) atoms. The van der Waals surface area contributed by atoms with Crippen LogP contribution in [0.2, 0.25) is 0 Å². The molecule has 6 heteroatoms. The lowest BCUT2D eigenvalue weighted by Crippen LogP contribution is -1.93. The highest BCUT2D eigenvalue weighted by Gasteiger charge is 2.04. The monoisotopic (exact) mass is 294 g/mol. The fraction of sp³-hybridized carbons (Fsp3) is 0.100. The standard InChI is InChI=1S/C10H7BrN4S/c1-6-2-3-7(5-12)4-8(6)13-10-15-14-9(11)16-10/h2-4H,1H3,(H,13,15). The van der Waals surface area contributed by atoms with E-state index in [1.807, 2.05) is 13.0 Å². The molecule has 0 radical (unpaired) electrons. The highest BCUT2D eigenvalue weighted by molar-refractivity contribution is 9.11. The van der Waals surface area contributed by atoms with E-state index in [9.17, 15) is 0 Å². The van der Waals surface area contributed by atoms with Crippen molar-refractivity contribution in [1.29, 1.82) is 5.26 Å². The van der Waals surface area contributed by atoms with Gasteiger partial charge in [0.05, 0.1) is 11.6 Å². The van der Waals surface area contributed by atoms with Gasteiger partial charge < -0.3 is 5.32 Å². The molecular weight excluding hydrogens is 288 g/mol. The zero-order valence-corrected chi connectivity index (χ0v) is 10.8. The van der Waals surface area contributed by atoms with Crippen LogP contribution in [0, 0.1) is 18.3 Å². The van der Waals surface area contributed by atoms with Gasteiger partial charge in [0.25, 0.3) is 0 Å². The van der Waals surface area contributed by atoms with Crippen molar-refractivity contribution in [2.24, 2.45) is 0 Å². The van der Waals surface area contributed by atoms with Crippen molar-refractivity contribution >= 4 is 38.1 Å². The Morgan fingerprint density at radius 1 is 1.44 bits per heavy atom. The van der Waals surface area contributed by atoms with Gasteiger partial charge in [-0.1, -0.05) is 17.4 Å². The third-order valence-corrected chi connectivity index (χ3v) is 3.28. The summed E-state index contributed by atoms with van der Waals surface area (Å²) >= 11 is 4.65. The lowest BCUT2D eigenvalue weighted by molar-refractivity contribution is 1.07. The Labute approximate surface area is 105 Å². The second kappa shape index (κ2) is 4.60. The minimum Gasteiger partial charge on any atom is -0.330 e. The van der Waals surface area contributed by atoms with Gasteiger partial charge in [-0.05, 0) is 40.5 Å². The molecule has 0 amide bonds. The first-order valence-corrected chi connectivity index (χ1v) is 6.07. The summed E-state index contributed by atoms with van der Waals surface area (Å²) in [7, 11) is 0. The minimum absolute atomic E-state index is 0.622. The summed E-state index contributed by atoms with van der Waals surface area (Å²) in [6, 6.07) is 7.59. The Balaban J connectivity index is 2.30. The van der Waals surface area contributed by atoms with Gasteiger partial charge in [-0.3, -0.25) is 0 Å². The number of benzene rings is 1. The van der Waals surface area contributed by atoms with E-state index in [1.165, 1.54) is 11.3 Å². The zero-order valence-electron chi connectivity index (χ0n) is 8.36. The van der Waals surface area contributed by atoms with Crippen molar-refractivity contribution in [3.8, 4) is 6.07 Å². The third kappa shape index (κ3) is 2.38. The summed E-state index contributed by atoms with van der Waals surface area (Å²) < 4.78 is 0.726. The van der Waals surface area contributed by atoms with Crippen molar-refractivity contribution in [2.45, 2.75) is 6.92 Å². The van der Waals surface area contributed by atoms with Crippen LogP contribution < -0.4 is 5.32 Å². The van der Waals surface area contributed by atoms with E-state index in [1.54, 1.807) is 12.1 Å². The molecule has 1 heterocycles. The van der Waals surface area contributed by atoms with E-state index in [0.717, 1.165) is 15.2 Å². The van der Waals surface area contributed by atoms with Gasteiger partial charge in [0.1, 0.15) is 0 Å². The molecule has 1 aromatic carbocycles. The summed E-state index contributed by atoms with van der Waals surface area (Å²) in [5.74, 6) is 0. The number of hydrogen-bond acceptors (Lipinski definition) is 5. The SMILES string of the molecule is Cc1ccc(C#N)cc1Nc1nnc(Br)s1. The number of nitrogens with zero attached hydrogens (tertiary/aromatic N) is 3. The van der Waals surface area contributed by atoms with E-state index in [4.69, 9.17) is 5.26 Å². The maximum Gasteiger partial charge on any atom is 0.210 e. The Morgan fingerprint density at radius 2 is 2.25 bits per heavy atom. The molecule has 4 nitrogen and oxygen atoms in total. The summed E-state index contributed by atoms with van der Waals surface area (Å²) in [6.45, 7) is 1.97. The topological polar surface area (TPSA) is 61.6 Å². The molecule has 1 N–H and O–H groups in total. The smallest absolute Gasteiger partial charge is 0.210 e. The van der Waals surface area contributed by atoms with Gasteiger partial charge in [-0.2, -0.15) is 5.26 Å². The average Bonchev–Trinajstić information content (AvgIpc) is 2.67. The van der Waals surface area contributed by atoms with E-state index in [-0.39, 0.29) is 0 Å². The quantitative estimate of drug-likeness (QED) is 0.924. The average molecular weight is 295 g/mol. The molecule has 0 atom stereocenters. The van der Waals surface area contributed by atoms with Crippen LogP contribution in [0.1, 0.15) is 11.1 Å². The molecule has 1 aromatic heterocycles. The van der Waals surface area contributed by atoms with Crippen LogP contribution in [-0.2, 0) is 0 Å². The number of aryl methyl sites for hydroxylation is 1. The maximum absolute atomic E-state index is 8.81. The molecule has 0 aliphatic heterocycles. The lowest BCUT2D eigenvalue weighted by atomic mass is 10.1. The van der Waals surface area contributed by atoms with Gasteiger partial charge in [-0.25, -0.2) is 0 Å². The molecule has 0 bridgehead atoms. The number of nitrogens with one attached hydrogen (secondary N) is 1. The molecule has 80 valence electrons. The second-order valence-electron chi connectivity index (χ2n) is 3.13. The molecule has 0 spiro atoms. The predicted molar refractivity (Wildman–Crippen MR) is 66.8 cm³/mol. The molecule has 0 saturated carbocycles. The number of hydrogen-bond donors (Lipinski definition) is 1. The van der Waals surface area contributed by atoms with Crippen LogP contribution in [0.15, 0.2) is 22.1 Å². The summed E-state index contributed by atoms with van der Waals surface area (Å²) in [5, 5.41) is 20.4. The number of nitriles is 1. The highest BCUT2D eigenvalue weighted by atomic mass is 79.9. The number of aromatic nitrogens is 2. The van der Waals surface area contributed by atoms with E-state index in [2.05, 4.69) is 37.5 Å². The molecule has 2 aromatic rings. The zero-order chi connectivity index (χ0) is 11.5. The number of anilines is 2. The lowest BCUT2D eigenvalue weighted by Gasteiger charge is -2.05. The Morgan fingerprint density at radius 3 is 2.88 bits per heavy atom. The van der Waals surface area contributed by atoms with Gasteiger partial charge in [-0.15, -0.1) is 10.2 Å². The molecule has 0 aliphatic rings. The Bertz CT molecular complexity index is 558. The normalized spacial score (nSPS) is 9.81. The Kier molecular flexibility index (Phi) is 3.17. The Hall–Kier alpha value is -1.45. The van der Waals surface area contributed by atoms with Crippen LogP contribution in [0.4, 0.5) is 10.8 Å². The van der Waals surface area contributed by atoms with E-state index >= 15 is 0 Å². The first-order chi connectivity index (χ1) is 7.69. The van der Waals surface area contributed by atoms with Crippen molar-refractivity contribution in [1.82, 2.24) is 10.2 Å². The van der Waals surface area contributed by atoms with Crippen LogP contribution in [0.3, 0.4) is 0 Å². The van der Waals surface area contributed by atoms with E-state index < -0.39 is 0 Å². The van der Waals surface area contributed by atoms with Crippen LogP contribution in [-0.4, -0.2) is 10.2 Å². The van der Waals surface area contributed by atoms with Crippen molar-refractivity contribution < 1.29 is 0 Å². The summed E-state index contributed by atoms with van der Waals surface area (Å²) in [4.78, 5) is 0. The predicted octanol–water partition coefficient (Wildman–Crippen LogP) is 3.22.